The van der Waals surface area contributed by atoms with Gasteiger partial charge in [-0.05, 0) is 12.1 Å². The van der Waals surface area contributed by atoms with Crippen LogP contribution in [-0.4, -0.2) is 5.66 Å². The van der Waals surface area contributed by atoms with Gasteiger partial charge in [-0.15, -0.1) is 0 Å². The van der Waals surface area contributed by atoms with E-state index >= 15 is 0 Å². The van der Waals surface area contributed by atoms with Crippen molar-refractivity contribution >= 4 is 13.9 Å². The van der Waals surface area contributed by atoms with Crippen LogP contribution in [0.1, 0.15) is 20.3 Å². The summed E-state index contributed by atoms with van der Waals surface area (Å²) < 4.78 is 64.7. The minimum atomic E-state index is -2.10. The van der Waals surface area contributed by atoms with E-state index in [1.54, 1.807) is 13.8 Å². The van der Waals surface area contributed by atoms with Crippen LogP contribution in [0.4, 0.5) is 22.0 Å². The molecule has 0 saturated carbocycles. The predicted octanol–water partition coefficient (Wildman–Crippen LogP) is 3.48. The number of rotatable bonds is 3. The van der Waals surface area contributed by atoms with Crippen LogP contribution in [0, 0.1) is 29.1 Å². The number of hydrogen-bond donors (Lipinski definition) is 0. The van der Waals surface area contributed by atoms with Crippen LogP contribution in [0.15, 0.2) is 0 Å². The Balaban J connectivity index is 3.28. The zero-order valence-electron chi connectivity index (χ0n) is 8.67. The van der Waals surface area contributed by atoms with E-state index in [1.807, 2.05) is 0 Å². The van der Waals surface area contributed by atoms with E-state index in [4.69, 9.17) is 0 Å². The molecule has 1 aromatic rings. The molecule has 0 spiro atoms. The van der Waals surface area contributed by atoms with Crippen molar-refractivity contribution in [2.45, 2.75) is 25.9 Å². The van der Waals surface area contributed by atoms with E-state index in [2.05, 4.69) is 0 Å². The molecule has 90 valence electrons. The van der Waals surface area contributed by atoms with Crippen LogP contribution < -0.4 is 5.30 Å². The van der Waals surface area contributed by atoms with Crippen molar-refractivity contribution in [3.63, 3.8) is 0 Å². The Labute approximate surface area is 91.6 Å². The summed E-state index contributed by atoms with van der Waals surface area (Å²) in [4.78, 5) is 0. The lowest BCUT2D eigenvalue weighted by Gasteiger charge is -2.12. The number of benzene rings is 1. The molecule has 6 heteroatoms. The molecule has 0 amide bonds. The normalized spacial score (nSPS) is 13.7. The van der Waals surface area contributed by atoms with Gasteiger partial charge in [0.1, 0.15) is 0 Å². The lowest BCUT2D eigenvalue weighted by molar-refractivity contribution is 0.384. The third kappa shape index (κ3) is 2.34. The van der Waals surface area contributed by atoms with E-state index in [0.29, 0.717) is 6.42 Å². The maximum atomic E-state index is 13.2. The molecular formula is C10H10F5P. The van der Waals surface area contributed by atoms with Crippen molar-refractivity contribution in [3.8, 4) is 0 Å². The van der Waals surface area contributed by atoms with Crippen LogP contribution in [0.2, 0.25) is 0 Å². The summed E-state index contributed by atoms with van der Waals surface area (Å²) in [5.41, 5.74) is -0.117. The summed E-state index contributed by atoms with van der Waals surface area (Å²) in [6.45, 7) is 3.47. The minimum absolute atomic E-state index is 0.117. The highest BCUT2D eigenvalue weighted by molar-refractivity contribution is 7.48. The first-order valence-corrected chi connectivity index (χ1v) is 5.75. The maximum absolute atomic E-state index is 13.2. The van der Waals surface area contributed by atoms with Gasteiger partial charge >= 0.3 is 0 Å². The highest BCUT2D eigenvalue weighted by atomic mass is 31.1. The second-order valence-electron chi connectivity index (χ2n) is 3.40. The highest BCUT2D eigenvalue weighted by Crippen LogP contribution is 2.27. The van der Waals surface area contributed by atoms with Gasteiger partial charge < -0.3 is 0 Å². The van der Waals surface area contributed by atoms with E-state index in [0.717, 1.165) is 0 Å². The Morgan fingerprint density at radius 3 is 1.62 bits per heavy atom. The van der Waals surface area contributed by atoms with Gasteiger partial charge in [-0.1, -0.05) is 22.4 Å². The predicted molar refractivity (Wildman–Crippen MR) is 53.9 cm³/mol. The molecule has 0 fully saturated rings. The van der Waals surface area contributed by atoms with Gasteiger partial charge in [0, 0.05) is 0 Å². The van der Waals surface area contributed by atoms with Gasteiger partial charge in [0.05, 0.1) is 5.30 Å². The number of hydrogen-bond acceptors (Lipinski definition) is 0. The molecule has 1 rings (SSSR count). The fraction of sp³-hybridized carbons (Fsp3) is 0.400. The molecule has 0 heterocycles. The topological polar surface area (TPSA) is 0 Å². The van der Waals surface area contributed by atoms with Gasteiger partial charge in [-0.2, -0.15) is 0 Å². The molecule has 1 aromatic carbocycles. The SMILES string of the molecule is CCC(C)Pc1c(F)c(F)c(F)c(F)c1F. The maximum Gasteiger partial charge on any atom is 0.200 e. The first kappa shape index (κ1) is 13.4. The van der Waals surface area contributed by atoms with Crippen molar-refractivity contribution in [2.75, 3.05) is 0 Å². The lowest BCUT2D eigenvalue weighted by Crippen LogP contribution is -2.18. The van der Waals surface area contributed by atoms with Crippen LogP contribution in [-0.2, 0) is 0 Å². The molecule has 0 aromatic heterocycles. The van der Waals surface area contributed by atoms with E-state index < -0.39 is 43.0 Å². The van der Waals surface area contributed by atoms with Crippen LogP contribution >= 0.6 is 8.58 Å². The van der Waals surface area contributed by atoms with Crippen LogP contribution in [0.5, 0.6) is 0 Å². The molecule has 2 atom stereocenters. The highest BCUT2D eigenvalue weighted by Gasteiger charge is 2.26. The Bertz CT molecular complexity index is 376. The van der Waals surface area contributed by atoms with Crippen molar-refractivity contribution < 1.29 is 22.0 Å². The molecule has 2 unspecified atom stereocenters. The van der Waals surface area contributed by atoms with E-state index in [-0.39, 0.29) is 5.66 Å². The Morgan fingerprint density at radius 1 is 0.875 bits per heavy atom. The van der Waals surface area contributed by atoms with Gasteiger partial charge in [-0.3, -0.25) is 0 Å². The van der Waals surface area contributed by atoms with Gasteiger partial charge in [0.2, 0.25) is 5.82 Å². The van der Waals surface area contributed by atoms with Gasteiger partial charge in [0.25, 0.3) is 0 Å². The zero-order chi connectivity index (χ0) is 12.5. The Hall–Kier alpha value is -0.700. The molecule has 0 bridgehead atoms. The molecule has 0 nitrogen and oxygen atoms in total. The van der Waals surface area contributed by atoms with Gasteiger partial charge in [-0.25, -0.2) is 22.0 Å². The number of halogens is 5. The summed E-state index contributed by atoms with van der Waals surface area (Å²) in [6.07, 6.45) is 0.609. The van der Waals surface area contributed by atoms with E-state index in [1.165, 1.54) is 0 Å². The van der Waals surface area contributed by atoms with E-state index in [9.17, 15) is 22.0 Å². The molecule has 0 N–H and O–H groups in total. The third-order valence-corrected chi connectivity index (χ3v) is 3.84. The third-order valence-electron chi connectivity index (χ3n) is 2.21. The smallest absolute Gasteiger partial charge is 0.200 e. The minimum Gasteiger partial charge on any atom is -0.203 e. The second kappa shape index (κ2) is 5.09. The fourth-order valence-electron chi connectivity index (χ4n) is 1.08. The molecule has 0 aliphatic carbocycles. The standard InChI is InChI=1S/C10H10F5P/c1-3-4(2)16-10-8(14)6(12)5(11)7(13)9(10)15/h4,16H,3H2,1-2H3. The molecule has 0 aliphatic rings. The monoisotopic (exact) mass is 256 g/mol. The van der Waals surface area contributed by atoms with Crippen molar-refractivity contribution in [1.29, 1.82) is 0 Å². The van der Waals surface area contributed by atoms with Crippen molar-refractivity contribution in [1.82, 2.24) is 0 Å². The molecule has 0 aliphatic heterocycles. The first-order valence-electron chi connectivity index (χ1n) is 4.68. The summed E-state index contributed by atoms with van der Waals surface area (Å²) in [5.74, 6) is -9.27. The average Bonchev–Trinajstić information content (AvgIpc) is 2.29. The Kier molecular flexibility index (Phi) is 4.25. The zero-order valence-corrected chi connectivity index (χ0v) is 9.67. The fourth-order valence-corrected chi connectivity index (χ4v) is 2.25. The van der Waals surface area contributed by atoms with Crippen LogP contribution in [0.25, 0.3) is 0 Å². The molecule has 0 saturated heterocycles. The first-order chi connectivity index (χ1) is 7.40. The summed E-state index contributed by atoms with van der Waals surface area (Å²) in [7, 11) is -0.432. The largest absolute Gasteiger partial charge is 0.203 e. The Morgan fingerprint density at radius 2 is 1.25 bits per heavy atom. The second-order valence-corrected chi connectivity index (χ2v) is 5.17. The molecular weight excluding hydrogens is 246 g/mol. The van der Waals surface area contributed by atoms with Crippen molar-refractivity contribution in [2.24, 2.45) is 0 Å². The quantitative estimate of drug-likeness (QED) is 0.336. The van der Waals surface area contributed by atoms with Gasteiger partial charge in [0.15, 0.2) is 23.3 Å². The molecule has 16 heavy (non-hydrogen) atoms. The summed E-state index contributed by atoms with van der Waals surface area (Å²) >= 11 is 0. The summed E-state index contributed by atoms with van der Waals surface area (Å²) in [5, 5.41) is -0.703. The van der Waals surface area contributed by atoms with Crippen LogP contribution in [0.3, 0.4) is 0 Å². The molecule has 0 radical (unpaired) electrons. The lowest BCUT2D eigenvalue weighted by atomic mass is 10.3. The summed E-state index contributed by atoms with van der Waals surface area (Å²) in [6, 6.07) is 0. The average molecular weight is 256 g/mol. The van der Waals surface area contributed by atoms with Crippen molar-refractivity contribution in [3.05, 3.63) is 29.1 Å².